The number of nitrogens with one attached hydrogen (secondary N) is 1. The first-order chi connectivity index (χ1) is 8.94. The van der Waals surface area contributed by atoms with Gasteiger partial charge in [0.25, 0.3) is 0 Å². The van der Waals surface area contributed by atoms with Gasteiger partial charge in [-0.1, -0.05) is 41.9 Å². The fourth-order valence-corrected chi connectivity index (χ4v) is 3.27. The Morgan fingerprint density at radius 3 is 2.37 bits per heavy atom. The molecule has 1 aliphatic rings. The second-order valence-corrected chi connectivity index (χ2v) is 7.75. The molecule has 0 spiro atoms. The van der Waals surface area contributed by atoms with Gasteiger partial charge in [-0.3, -0.25) is 0 Å². The molecule has 0 saturated heterocycles. The fraction of sp³-hybridized carbons (Fsp3) is 0.647. The zero-order valence-corrected chi connectivity index (χ0v) is 14.0. The zero-order chi connectivity index (χ0) is 13.9. The van der Waals surface area contributed by atoms with Crippen molar-refractivity contribution in [1.82, 2.24) is 5.32 Å². The highest BCUT2D eigenvalue weighted by molar-refractivity contribution is 9.10. The van der Waals surface area contributed by atoms with E-state index in [1.54, 1.807) is 0 Å². The zero-order valence-electron chi connectivity index (χ0n) is 12.4. The molecule has 0 amide bonds. The Labute approximate surface area is 126 Å². The van der Waals surface area contributed by atoms with Crippen LogP contribution in [0.5, 0.6) is 0 Å². The minimum absolute atomic E-state index is 0.562. The topological polar surface area (TPSA) is 12.0 Å². The van der Waals surface area contributed by atoms with Crippen molar-refractivity contribution in [3.05, 3.63) is 34.3 Å². The van der Waals surface area contributed by atoms with Gasteiger partial charge in [0.2, 0.25) is 0 Å². The molecule has 2 heteroatoms. The third kappa shape index (κ3) is 4.92. The van der Waals surface area contributed by atoms with E-state index in [1.165, 1.54) is 31.2 Å². The second-order valence-electron chi connectivity index (χ2n) is 6.84. The van der Waals surface area contributed by atoms with E-state index in [9.17, 15) is 0 Å². The van der Waals surface area contributed by atoms with Gasteiger partial charge in [-0.25, -0.2) is 0 Å². The maximum atomic E-state index is 3.81. The number of hydrogen-bond acceptors (Lipinski definition) is 1. The monoisotopic (exact) mass is 323 g/mol. The Morgan fingerprint density at radius 1 is 1.21 bits per heavy atom. The van der Waals surface area contributed by atoms with Gasteiger partial charge in [0.05, 0.1) is 0 Å². The molecule has 1 saturated carbocycles. The molecular weight excluding hydrogens is 298 g/mol. The normalized spacial score (nSPS) is 21.3. The van der Waals surface area contributed by atoms with Gasteiger partial charge >= 0.3 is 0 Å². The lowest BCUT2D eigenvalue weighted by Crippen LogP contribution is -2.41. The van der Waals surface area contributed by atoms with E-state index in [-0.39, 0.29) is 0 Å². The van der Waals surface area contributed by atoms with E-state index in [4.69, 9.17) is 0 Å². The highest BCUT2D eigenvalue weighted by Crippen LogP contribution is 2.35. The molecule has 1 fully saturated rings. The van der Waals surface area contributed by atoms with Gasteiger partial charge in [0, 0.05) is 16.6 Å². The Bertz CT molecular complexity index is 386. The summed E-state index contributed by atoms with van der Waals surface area (Å²) in [5, 5.41) is 3.81. The van der Waals surface area contributed by atoms with Crippen molar-refractivity contribution in [3.63, 3.8) is 0 Å². The van der Waals surface area contributed by atoms with Crippen LogP contribution in [0.25, 0.3) is 0 Å². The average molecular weight is 324 g/mol. The molecule has 0 aliphatic heterocycles. The van der Waals surface area contributed by atoms with Gasteiger partial charge in [-0.15, -0.1) is 0 Å². The number of hydrogen-bond donors (Lipinski definition) is 1. The van der Waals surface area contributed by atoms with Gasteiger partial charge in [0.15, 0.2) is 0 Å². The first-order valence-electron chi connectivity index (χ1n) is 7.45. The van der Waals surface area contributed by atoms with Crippen molar-refractivity contribution in [2.24, 2.45) is 5.41 Å². The predicted octanol–water partition coefficient (Wildman–Crippen LogP) is 4.94. The molecule has 1 unspecified atom stereocenters. The summed E-state index contributed by atoms with van der Waals surface area (Å²) in [6.07, 6.45) is 6.49. The summed E-state index contributed by atoms with van der Waals surface area (Å²) < 4.78 is 1.16. The molecule has 19 heavy (non-hydrogen) atoms. The van der Waals surface area contributed by atoms with Crippen LogP contribution in [0.4, 0.5) is 0 Å². The lowest BCUT2D eigenvalue weighted by molar-refractivity contribution is 0.199. The van der Waals surface area contributed by atoms with Crippen molar-refractivity contribution in [2.45, 2.75) is 65.0 Å². The summed E-state index contributed by atoms with van der Waals surface area (Å²) in [5.74, 6) is 0. The van der Waals surface area contributed by atoms with Crippen molar-refractivity contribution in [3.8, 4) is 0 Å². The molecule has 1 nitrogen and oxygen atoms in total. The Balaban J connectivity index is 1.78. The van der Waals surface area contributed by atoms with Crippen LogP contribution in [-0.4, -0.2) is 12.1 Å². The number of halogens is 1. The molecule has 2 rings (SSSR count). The average Bonchev–Trinajstić information content (AvgIpc) is 2.35. The maximum Gasteiger partial charge on any atom is 0.0175 e. The molecule has 1 aliphatic carbocycles. The number of benzene rings is 1. The fourth-order valence-electron chi connectivity index (χ4n) is 3.00. The summed E-state index contributed by atoms with van der Waals surface area (Å²) in [4.78, 5) is 0. The SMILES string of the molecule is CC(Cc1ccc(Br)cc1)NC1CCC(C)(C)CC1. The van der Waals surface area contributed by atoms with Gasteiger partial charge in [-0.2, -0.15) is 0 Å². The van der Waals surface area contributed by atoms with Gasteiger partial charge in [0.1, 0.15) is 0 Å². The van der Waals surface area contributed by atoms with E-state index in [0.717, 1.165) is 16.9 Å². The lowest BCUT2D eigenvalue weighted by atomic mass is 9.75. The van der Waals surface area contributed by atoms with Crippen molar-refractivity contribution in [2.75, 3.05) is 0 Å². The molecule has 106 valence electrons. The van der Waals surface area contributed by atoms with Crippen LogP contribution in [0.2, 0.25) is 0 Å². The van der Waals surface area contributed by atoms with Crippen LogP contribution in [0.15, 0.2) is 28.7 Å². The van der Waals surface area contributed by atoms with Crippen molar-refractivity contribution < 1.29 is 0 Å². The van der Waals surface area contributed by atoms with E-state index >= 15 is 0 Å². The molecule has 0 aromatic heterocycles. The summed E-state index contributed by atoms with van der Waals surface area (Å²) in [5.41, 5.74) is 1.98. The highest BCUT2D eigenvalue weighted by Gasteiger charge is 2.27. The Morgan fingerprint density at radius 2 is 1.79 bits per heavy atom. The third-order valence-electron chi connectivity index (χ3n) is 4.31. The Kier molecular flexibility index (Phi) is 5.08. The molecule has 1 N–H and O–H groups in total. The predicted molar refractivity (Wildman–Crippen MR) is 86.5 cm³/mol. The molecule has 1 aromatic rings. The largest absolute Gasteiger partial charge is 0.311 e. The molecule has 0 radical (unpaired) electrons. The van der Waals surface area contributed by atoms with Crippen molar-refractivity contribution in [1.29, 1.82) is 0 Å². The molecular formula is C17H26BrN. The van der Waals surface area contributed by atoms with Crippen LogP contribution >= 0.6 is 15.9 Å². The Hall–Kier alpha value is -0.340. The first-order valence-corrected chi connectivity index (χ1v) is 8.24. The smallest absolute Gasteiger partial charge is 0.0175 e. The summed E-state index contributed by atoms with van der Waals surface area (Å²) in [7, 11) is 0. The van der Waals surface area contributed by atoms with E-state index in [0.29, 0.717) is 11.5 Å². The van der Waals surface area contributed by atoms with Crippen LogP contribution in [0.3, 0.4) is 0 Å². The van der Waals surface area contributed by atoms with Crippen LogP contribution in [0, 0.1) is 5.41 Å². The minimum atomic E-state index is 0.562. The minimum Gasteiger partial charge on any atom is -0.311 e. The van der Waals surface area contributed by atoms with E-state index in [2.05, 4.69) is 66.3 Å². The highest BCUT2D eigenvalue weighted by atomic mass is 79.9. The standard InChI is InChI=1S/C17H26BrN/c1-13(12-14-4-6-15(18)7-5-14)19-16-8-10-17(2,3)11-9-16/h4-7,13,16,19H,8-12H2,1-3H3. The molecule has 1 atom stereocenters. The van der Waals surface area contributed by atoms with Gasteiger partial charge in [-0.05, 0) is 62.1 Å². The van der Waals surface area contributed by atoms with Crippen LogP contribution < -0.4 is 5.32 Å². The van der Waals surface area contributed by atoms with Gasteiger partial charge < -0.3 is 5.32 Å². The third-order valence-corrected chi connectivity index (χ3v) is 4.84. The first kappa shape index (κ1) is 15.1. The summed E-state index contributed by atoms with van der Waals surface area (Å²) in [6.45, 7) is 7.10. The second kappa shape index (κ2) is 6.41. The van der Waals surface area contributed by atoms with E-state index < -0.39 is 0 Å². The maximum absolute atomic E-state index is 3.81. The summed E-state index contributed by atoms with van der Waals surface area (Å²) in [6, 6.07) is 9.97. The number of rotatable bonds is 4. The van der Waals surface area contributed by atoms with Crippen molar-refractivity contribution >= 4 is 15.9 Å². The van der Waals surface area contributed by atoms with Crippen LogP contribution in [-0.2, 0) is 6.42 Å². The van der Waals surface area contributed by atoms with Crippen LogP contribution in [0.1, 0.15) is 52.0 Å². The lowest BCUT2D eigenvalue weighted by Gasteiger charge is -2.36. The molecule has 0 bridgehead atoms. The van der Waals surface area contributed by atoms with E-state index in [1.807, 2.05) is 0 Å². The quantitative estimate of drug-likeness (QED) is 0.827. The molecule has 0 heterocycles. The molecule has 1 aromatic carbocycles. The summed E-state index contributed by atoms with van der Waals surface area (Å²) >= 11 is 3.49.